The summed E-state index contributed by atoms with van der Waals surface area (Å²) in [5.74, 6) is 0. The Balaban J connectivity index is 2.28. The van der Waals surface area contributed by atoms with Crippen molar-refractivity contribution in [2.75, 3.05) is 12.5 Å². The maximum atomic E-state index is 6.35. The highest BCUT2D eigenvalue weighted by Gasteiger charge is 2.39. The first kappa shape index (κ1) is 17.9. The molecule has 1 heterocycles. The highest BCUT2D eigenvalue weighted by molar-refractivity contribution is 9.10. The first-order chi connectivity index (χ1) is 11.6. The number of amidine groups is 1. The Morgan fingerprint density at radius 1 is 0.958 bits per heavy atom. The van der Waals surface area contributed by atoms with Gasteiger partial charge in [0.2, 0.25) is 0 Å². The predicted octanol–water partition coefficient (Wildman–Crippen LogP) is 5.90. The van der Waals surface area contributed by atoms with Gasteiger partial charge < -0.3 is 5.32 Å². The van der Waals surface area contributed by atoms with Gasteiger partial charge in [0, 0.05) is 10.0 Å². The molecule has 0 atom stereocenters. The molecule has 1 aliphatic rings. The van der Waals surface area contributed by atoms with Crippen LogP contribution in [0, 0.1) is 0 Å². The normalized spacial score (nSPS) is 16.6. The summed E-state index contributed by atoms with van der Waals surface area (Å²) in [4.78, 5) is 4.73. The van der Waals surface area contributed by atoms with Gasteiger partial charge in [-0.2, -0.15) is 0 Å². The average Bonchev–Trinajstić information content (AvgIpc) is 2.62. The van der Waals surface area contributed by atoms with Crippen LogP contribution in [0.15, 0.2) is 64.1 Å². The van der Waals surface area contributed by atoms with Gasteiger partial charge in [0.25, 0.3) is 0 Å². The lowest BCUT2D eigenvalue weighted by Gasteiger charge is -2.35. The molecule has 0 aromatic heterocycles. The summed E-state index contributed by atoms with van der Waals surface area (Å²) in [5, 5.41) is 3.69. The van der Waals surface area contributed by atoms with E-state index < -0.39 is 4.20 Å². The molecule has 1 aliphatic heterocycles. The van der Waals surface area contributed by atoms with Crippen LogP contribution >= 0.6 is 51.1 Å². The lowest BCUT2D eigenvalue weighted by Crippen LogP contribution is -2.33. The molecule has 124 valence electrons. The van der Waals surface area contributed by atoms with Crippen molar-refractivity contribution in [3.63, 3.8) is 0 Å². The van der Waals surface area contributed by atoms with Crippen LogP contribution in [0.4, 0.5) is 0 Å². The Kier molecular flexibility index (Phi) is 5.65. The summed E-state index contributed by atoms with van der Waals surface area (Å²) >= 11 is 13.2. The van der Waals surface area contributed by atoms with Crippen molar-refractivity contribution in [3.05, 3.63) is 70.2 Å². The van der Waals surface area contributed by atoms with Crippen LogP contribution in [0.1, 0.15) is 11.1 Å². The van der Waals surface area contributed by atoms with Crippen molar-refractivity contribution in [2.45, 2.75) is 4.20 Å². The van der Waals surface area contributed by atoms with E-state index in [1.54, 1.807) is 23.5 Å². The third-order valence-corrected chi connectivity index (χ3v) is 7.19. The maximum absolute atomic E-state index is 6.35. The minimum Gasteiger partial charge on any atom is -0.330 e. The Morgan fingerprint density at radius 3 is 2.17 bits per heavy atom. The van der Waals surface area contributed by atoms with E-state index in [2.05, 4.69) is 70.2 Å². The molecule has 0 saturated carbocycles. The van der Waals surface area contributed by atoms with Crippen LogP contribution < -0.4 is 5.32 Å². The summed E-state index contributed by atoms with van der Waals surface area (Å²) in [6.07, 6.45) is 4.13. The van der Waals surface area contributed by atoms with Gasteiger partial charge in [-0.25, -0.2) is 4.99 Å². The van der Waals surface area contributed by atoms with E-state index in [-0.39, 0.29) is 0 Å². The van der Waals surface area contributed by atoms with Gasteiger partial charge in [-0.05, 0) is 47.4 Å². The lowest BCUT2D eigenvalue weighted by molar-refractivity contribution is 1.05. The molecule has 0 unspecified atom stereocenters. The molecule has 2 aromatic carbocycles. The zero-order chi connectivity index (χ0) is 17.2. The van der Waals surface area contributed by atoms with Gasteiger partial charge in [0.15, 0.2) is 9.50 Å². The fraction of sp³-hybridized carbons (Fsp3) is 0.167. The second kappa shape index (κ2) is 7.56. The fourth-order valence-corrected chi connectivity index (χ4v) is 5.15. The molecule has 0 bridgehead atoms. The highest BCUT2D eigenvalue weighted by atomic mass is 79.9. The van der Waals surface area contributed by atoms with Gasteiger partial charge in [-0.15, -0.1) is 23.5 Å². The number of nitrogens with one attached hydrogen (secondary N) is 1. The van der Waals surface area contributed by atoms with Crippen molar-refractivity contribution >= 4 is 67.6 Å². The second-order valence-corrected chi connectivity index (χ2v) is 8.67. The third kappa shape index (κ3) is 3.40. The topological polar surface area (TPSA) is 24.4 Å². The van der Waals surface area contributed by atoms with E-state index in [1.165, 1.54) is 0 Å². The first-order valence-electron chi connectivity index (χ1n) is 7.28. The van der Waals surface area contributed by atoms with Crippen molar-refractivity contribution in [1.29, 1.82) is 0 Å². The van der Waals surface area contributed by atoms with Gasteiger partial charge >= 0.3 is 0 Å². The number of halogens is 2. The van der Waals surface area contributed by atoms with Crippen LogP contribution in [-0.2, 0) is 0 Å². The van der Waals surface area contributed by atoms with Gasteiger partial charge in [0.05, 0.1) is 5.70 Å². The Morgan fingerprint density at radius 2 is 1.58 bits per heavy atom. The van der Waals surface area contributed by atoms with Crippen LogP contribution in [0.3, 0.4) is 0 Å². The smallest absolute Gasteiger partial charge is 0.198 e. The van der Waals surface area contributed by atoms with E-state index in [0.717, 1.165) is 26.9 Å². The minimum atomic E-state index is -0.485. The number of thioether (sulfide) groups is 2. The van der Waals surface area contributed by atoms with E-state index >= 15 is 0 Å². The second-order valence-electron chi connectivity index (χ2n) is 5.14. The standard InChI is InChI=1S/C18H16BrClN2S2/c1-23-18(24-2)15(12-8-10-14(19)11-9-12)16(21-17(20)22-18)13-6-4-3-5-7-13/h3-11H,1-2H3,(H,21,22). The fourth-order valence-electron chi connectivity index (χ4n) is 2.68. The van der Waals surface area contributed by atoms with Gasteiger partial charge in [-0.1, -0.05) is 58.4 Å². The van der Waals surface area contributed by atoms with Crippen molar-refractivity contribution in [2.24, 2.45) is 4.99 Å². The molecule has 0 radical (unpaired) electrons. The summed E-state index contributed by atoms with van der Waals surface area (Å²) in [7, 11) is 0. The largest absolute Gasteiger partial charge is 0.330 e. The van der Waals surface area contributed by atoms with Crippen LogP contribution in [0.5, 0.6) is 0 Å². The molecule has 0 saturated heterocycles. The summed E-state index contributed by atoms with van der Waals surface area (Å²) in [6, 6.07) is 18.6. The lowest BCUT2D eigenvalue weighted by atomic mass is 9.98. The molecule has 0 fully saturated rings. The Bertz CT molecular complexity index is 784. The van der Waals surface area contributed by atoms with Crippen molar-refractivity contribution in [3.8, 4) is 0 Å². The average molecular weight is 440 g/mol. The molecule has 6 heteroatoms. The molecule has 0 amide bonds. The minimum absolute atomic E-state index is 0.415. The molecular weight excluding hydrogens is 424 g/mol. The summed E-state index contributed by atoms with van der Waals surface area (Å²) < 4.78 is 0.568. The van der Waals surface area contributed by atoms with E-state index in [4.69, 9.17) is 16.6 Å². The van der Waals surface area contributed by atoms with Crippen LogP contribution in [-0.4, -0.2) is 22.0 Å². The maximum Gasteiger partial charge on any atom is 0.198 e. The molecular formula is C18H16BrClN2S2. The molecule has 24 heavy (non-hydrogen) atoms. The number of hydrogen-bond acceptors (Lipinski definition) is 4. The Hall–Kier alpha value is -0.880. The number of nitrogens with zero attached hydrogens (tertiary/aromatic N) is 1. The quantitative estimate of drug-likeness (QED) is 0.474. The van der Waals surface area contributed by atoms with Crippen LogP contribution in [0.2, 0.25) is 0 Å². The van der Waals surface area contributed by atoms with Crippen LogP contribution in [0.25, 0.3) is 11.3 Å². The molecule has 2 aromatic rings. The summed E-state index contributed by atoms with van der Waals surface area (Å²) in [6.45, 7) is 0. The zero-order valence-corrected chi connectivity index (χ0v) is 17.2. The summed E-state index contributed by atoms with van der Waals surface area (Å²) in [5.41, 5.74) is 4.35. The van der Waals surface area contributed by atoms with Gasteiger partial charge in [-0.3, -0.25) is 0 Å². The SMILES string of the molecule is CSC1(SC)N=C(Cl)NC(c2ccccc2)=C1c1ccc(Br)cc1. The zero-order valence-electron chi connectivity index (χ0n) is 13.2. The van der Waals surface area contributed by atoms with Crippen molar-refractivity contribution in [1.82, 2.24) is 5.32 Å². The molecule has 0 spiro atoms. The molecule has 0 aliphatic carbocycles. The van der Waals surface area contributed by atoms with E-state index in [9.17, 15) is 0 Å². The predicted molar refractivity (Wildman–Crippen MR) is 114 cm³/mol. The first-order valence-corrected chi connectivity index (χ1v) is 10.9. The van der Waals surface area contributed by atoms with E-state index in [1.807, 2.05) is 18.2 Å². The number of benzene rings is 2. The molecule has 3 rings (SSSR count). The molecule has 2 nitrogen and oxygen atoms in total. The Labute approximate surface area is 164 Å². The number of rotatable bonds is 4. The van der Waals surface area contributed by atoms with Crippen molar-refractivity contribution < 1.29 is 0 Å². The molecule has 1 N–H and O–H groups in total. The van der Waals surface area contributed by atoms with E-state index in [0.29, 0.717) is 5.29 Å². The number of aliphatic imine (C=N–C) groups is 1. The third-order valence-electron chi connectivity index (χ3n) is 3.79. The highest BCUT2D eigenvalue weighted by Crippen LogP contribution is 2.51. The monoisotopic (exact) mass is 438 g/mol. The number of hydrogen-bond donors (Lipinski definition) is 1. The van der Waals surface area contributed by atoms with Gasteiger partial charge in [0.1, 0.15) is 0 Å².